The van der Waals surface area contributed by atoms with Crippen molar-refractivity contribution < 1.29 is 9.84 Å². The molecule has 0 radical (unpaired) electrons. The third-order valence-electron chi connectivity index (χ3n) is 1.94. The van der Waals surface area contributed by atoms with Crippen LogP contribution in [-0.4, -0.2) is 24.0 Å². The smallest absolute Gasteiger partial charge is 0.145 e. The summed E-state index contributed by atoms with van der Waals surface area (Å²) in [5, 5.41) is 8.72. The van der Waals surface area contributed by atoms with Gasteiger partial charge in [-0.1, -0.05) is 12.1 Å². The lowest BCUT2D eigenvalue weighted by molar-refractivity contribution is 0.201. The van der Waals surface area contributed by atoms with Crippen molar-refractivity contribution in [3.8, 4) is 5.75 Å². The van der Waals surface area contributed by atoms with Crippen LogP contribution in [0.5, 0.6) is 5.75 Å². The Kier molecular flexibility index (Phi) is 2.27. The Labute approximate surface area is 76.7 Å². The van der Waals surface area contributed by atoms with Crippen LogP contribution in [0.15, 0.2) is 29.3 Å². The van der Waals surface area contributed by atoms with Crippen molar-refractivity contribution in [1.82, 2.24) is 0 Å². The molecule has 1 N–H and O–H groups in total. The van der Waals surface area contributed by atoms with Crippen LogP contribution >= 0.6 is 0 Å². The fourth-order valence-electron chi connectivity index (χ4n) is 1.28. The van der Waals surface area contributed by atoms with Gasteiger partial charge in [0, 0.05) is 19.2 Å². The van der Waals surface area contributed by atoms with E-state index in [9.17, 15) is 0 Å². The average Bonchev–Trinajstić information content (AvgIpc) is 2.18. The maximum absolute atomic E-state index is 8.72. The second-order valence-corrected chi connectivity index (χ2v) is 2.91. The van der Waals surface area contributed by atoms with E-state index < -0.39 is 0 Å². The Hall–Kier alpha value is -1.35. The summed E-state index contributed by atoms with van der Waals surface area (Å²) in [5.74, 6) is 0.795. The zero-order valence-electron chi connectivity index (χ0n) is 7.18. The minimum absolute atomic E-state index is 0.0834. The quantitative estimate of drug-likeness (QED) is 0.744. The summed E-state index contributed by atoms with van der Waals surface area (Å²) in [5.41, 5.74) is 0.858. The van der Waals surface area contributed by atoms with Gasteiger partial charge in [-0.05, 0) is 12.1 Å². The van der Waals surface area contributed by atoms with Crippen LogP contribution in [0.1, 0.15) is 6.42 Å². The van der Waals surface area contributed by atoms with Gasteiger partial charge in [-0.3, -0.25) is 4.99 Å². The number of aliphatic hydroxyl groups is 1. The maximum Gasteiger partial charge on any atom is 0.145 e. The molecule has 0 aliphatic carbocycles. The van der Waals surface area contributed by atoms with Crippen LogP contribution in [0.4, 0.5) is 5.69 Å². The Morgan fingerprint density at radius 3 is 3.08 bits per heavy atom. The number of ether oxygens (including phenoxy) is 1. The molecule has 3 heteroatoms. The number of nitrogens with zero attached hydrogens (tertiary/aromatic N) is 1. The number of hydrogen-bond donors (Lipinski definition) is 1. The molecule has 1 aromatic rings. The molecule has 0 saturated heterocycles. The Morgan fingerprint density at radius 2 is 2.23 bits per heavy atom. The zero-order valence-corrected chi connectivity index (χ0v) is 7.18. The van der Waals surface area contributed by atoms with Crippen LogP contribution in [0.2, 0.25) is 0 Å². The van der Waals surface area contributed by atoms with Gasteiger partial charge in [0.2, 0.25) is 0 Å². The van der Waals surface area contributed by atoms with Crippen molar-refractivity contribution >= 4 is 11.9 Å². The second-order valence-electron chi connectivity index (χ2n) is 2.91. The van der Waals surface area contributed by atoms with E-state index in [-0.39, 0.29) is 12.7 Å². The minimum Gasteiger partial charge on any atom is -0.482 e. The molecule has 13 heavy (non-hydrogen) atoms. The van der Waals surface area contributed by atoms with Crippen molar-refractivity contribution in [3.05, 3.63) is 24.3 Å². The predicted octanol–water partition coefficient (Wildman–Crippen LogP) is 1.53. The molecule has 1 aromatic carbocycles. The van der Waals surface area contributed by atoms with Crippen LogP contribution < -0.4 is 4.74 Å². The summed E-state index contributed by atoms with van der Waals surface area (Å²) in [4.78, 5) is 4.23. The number of para-hydroxylation sites is 2. The van der Waals surface area contributed by atoms with Crippen molar-refractivity contribution in [2.45, 2.75) is 12.5 Å². The molecule has 1 heterocycles. The van der Waals surface area contributed by atoms with Gasteiger partial charge in [0.05, 0.1) is 0 Å². The van der Waals surface area contributed by atoms with E-state index in [0.29, 0.717) is 6.42 Å². The fraction of sp³-hybridized carbons (Fsp3) is 0.300. The Morgan fingerprint density at radius 1 is 1.38 bits per heavy atom. The molecule has 0 aromatic heterocycles. The molecule has 1 unspecified atom stereocenters. The molecule has 1 aliphatic rings. The molecule has 2 rings (SSSR count). The lowest BCUT2D eigenvalue weighted by Crippen LogP contribution is -2.21. The van der Waals surface area contributed by atoms with E-state index in [1.165, 1.54) is 0 Å². The molecule has 1 aliphatic heterocycles. The van der Waals surface area contributed by atoms with Crippen LogP contribution in [0, 0.1) is 0 Å². The van der Waals surface area contributed by atoms with Crippen LogP contribution in [-0.2, 0) is 0 Å². The Balaban J connectivity index is 2.19. The largest absolute Gasteiger partial charge is 0.482 e. The van der Waals surface area contributed by atoms with Crippen molar-refractivity contribution in [2.75, 3.05) is 6.61 Å². The van der Waals surface area contributed by atoms with Crippen LogP contribution in [0.25, 0.3) is 0 Å². The van der Waals surface area contributed by atoms with E-state index >= 15 is 0 Å². The van der Waals surface area contributed by atoms with E-state index in [1.807, 2.05) is 24.3 Å². The Bertz CT molecular complexity index is 322. The van der Waals surface area contributed by atoms with E-state index in [0.717, 1.165) is 11.4 Å². The molecule has 68 valence electrons. The average molecular weight is 177 g/mol. The summed E-state index contributed by atoms with van der Waals surface area (Å²) in [7, 11) is 0. The predicted molar refractivity (Wildman–Crippen MR) is 50.7 cm³/mol. The molecule has 0 amide bonds. The van der Waals surface area contributed by atoms with Gasteiger partial charge in [0.1, 0.15) is 17.5 Å². The second kappa shape index (κ2) is 3.58. The highest BCUT2D eigenvalue weighted by atomic mass is 16.5. The summed E-state index contributed by atoms with van der Waals surface area (Å²) in [6.45, 7) is 0.124. The number of hydrogen-bond acceptors (Lipinski definition) is 3. The van der Waals surface area contributed by atoms with Crippen LogP contribution in [0.3, 0.4) is 0 Å². The lowest BCUT2D eigenvalue weighted by atomic mass is 10.2. The third kappa shape index (κ3) is 1.70. The zero-order chi connectivity index (χ0) is 9.10. The van der Waals surface area contributed by atoms with Crippen molar-refractivity contribution in [3.63, 3.8) is 0 Å². The summed E-state index contributed by atoms with van der Waals surface area (Å²) >= 11 is 0. The van der Waals surface area contributed by atoms with Gasteiger partial charge in [0.25, 0.3) is 0 Å². The number of aliphatic hydroxyl groups excluding tert-OH is 1. The number of aliphatic imine (C=N–C) groups is 1. The summed E-state index contributed by atoms with van der Waals surface area (Å²) < 4.78 is 5.56. The van der Waals surface area contributed by atoms with Gasteiger partial charge in [-0.2, -0.15) is 0 Å². The molecule has 0 spiro atoms. The molecule has 1 atom stereocenters. The number of rotatable bonds is 2. The molecule has 0 saturated carbocycles. The SMILES string of the molecule is OCCC1C=Nc2ccccc2O1. The number of benzene rings is 1. The van der Waals surface area contributed by atoms with Crippen molar-refractivity contribution in [2.24, 2.45) is 4.99 Å². The number of fused-ring (bicyclic) bond motifs is 1. The minimum atomic E-state index is -0.0834. The molecule has 3 nitrogen and oxygen atoms in total. The maximum atomic E-state index is 8.72. The van der Waals surface area contributed by atoms with E-state index in [4.69, 9.17) is 9.84 Å². The molecular weight excluding hydrogens is 166 g/mol. The monoisotopic (exact) mass is 177 g/mol. The topological polar surface area (TPSA) is 41.8 Å². The highest BCUT2D eigenvalue weighted by Crippen LogP contribution is 2.30. The highest BCUT2D eigenvalue weighted by molar-refractivity contribution is 5.73. The summed E-state index contributed by atoms with van der Waals surface area (Å²) in [6, 6.07) is 7.62. The normalized spacial score (nSPS) is 19.3. The lowest BCUT2D eigenvalue weighted by Gasteiger charge is -2.19. The summed E-state index contributed by atoms with van der Waals surface area (Å²) in [6.07, 6.45) is 2.25. The standard InChI is InChI=1S/C10H11NO2/c12-6-5-8-7-11-9-3-1-2-4-10(9)13-8/h1-4,7-8,12H,5-6H2. The van der Waals surface area contributed by atoms with Gasteiger partial charge >= 0.3 is 0 Å². The van der Waals surface area contributed by atoms with Gasteiger partial charge in [-0.15, -0.1) is 0 Å². The molecular formula is C10H11NO2. The van der Waals surface area contributed by atoms with Gasteiger partial charge in [0.15, 0.2) is 0 Å². The van der Waals surface area contributed by atoms with Gasteiger partial charge < -0.3 is 9.84 Å². The first-order valence-electron chi connectivity index (χ1n) is 4.31. The first-order valence-corrected chi connectivity index (χ1v) is 4.31. The van der Waals surface area contributed by atoms with Crippen molar-refractivity contribution in [1.29, 1.82) is 0 Å². The first kappa shape index (κ1) is 8.26. The van der Waals surface area contributed by atoms with E-state index in [1.54, 1.807) is 6.21 Å². The van der Waals surface area contributed by atoms with Gasteiger partial charge in [-0.25, -0.2) is 0 Å². The first-order chi connectivity index (χ1) is 6.40. The van der Waals surface area contributed by atoms with E-state index in [2.05, 4.69) is 4.99 Å². The third-order valence-corrected chi connectivity index (χ3v) is 1.94. The highest BCUT2D eigenvalue weighted by Gasteiger charge is 2.13. The molecule has 0 bridgehead atoms. The molecule has 0 fully saturated rings. The fourth-order valence-corrected chi connectivity index (χ4v) is 1.28.